The maximum absolute atomic E-state index is 11.8. The summed E-state index contributed by atoms with van der Waals surface area (Å²) in [5.41, 5.74) is 6.40. The van der Waals surface area contributed by atoms with Gasteiger partial charge in [-0.3, -0.25) is 0 Å². The first kappa shape index (κ1) is 15.2. The van der Waals surface area contributed by atoms with Gasteiger partial charge >= 0.3 is 5.97 Å². The van der Waals surface area contributed by atoms with Gasteiger partial charge < -0.3 is 20.5 Å². The summed E-state index contributed by atoms with van der Waals surface area (Å²) in [5, 5.41) is 3.04. The van der Waals surface area contributed by atoms with Crippen LogP contribution in [0.2, 0.25) is 0 Å². The fourth-order valence-corrected chi connectivity index (χ4v) is 1.45. The fraction of sp³-hybridized carbons (Fsp3) is 0.538. The molecular weight excluding hydrogens is 246 g/mol. The Morgan fingerprint density at radius 3 is 2.89 bits per heavy atom. The molecule has 0 aliphatic rings. The van der Waals surface area contributed by atoms with Crippen LogP contribution in [-0.2, 0) is 9.47 Å². The summed E-state index contributed by atoms with van der Waals surface area (Å²) >= 11 is 0. The molecule has 0 aromatic carbocycles. The van der Waals surface area contributed by atoms with Crippen molar-refractivity contribution in [3.05, 3.63) is 17.8 Å². The fourth-order valence-electron chi connectivity index (χ4n) is 1.45. The van der Waals surface area contributed by atoms with Crippen molar-refractivity contribution in [1.29, 1.82) is 0 Å². The number of hydrogen-bond donors (Lipinski definition) is 2. The zero-order chi connectivity index (χ0) is 14.3. The Kier molecular flexibility index (Phi) is 6.08. The molecule has 6 nitrogen and oxygen atoms in total. The topological polar surface area (TPSA) is 86.5 Å². The SMILES string of the molecule is CCOC(=O)c1cc(N)cnc1NCCOC(C)C. The second-order valence-electron chi connectivity index (χ2n) is 4.23. The van der Waals surface area contributed by atoms with Gasteiger partial charge in [0.1, 0.15) is 11.4 Å². The van der Waals surface area contributed by atoms with Gasteiger partial charge in [-0.2, -0.15) is 0 Å². The molecule has 1 aromatic heterocycles. The molecule has 0 amide bonds. The van der Waals surface area contributed by atoms with Crippen molar-refractivity contribution in [2.75, 3.05) is 30.8 Å². The third-order valence-corrected chi connectivity index (χ3v) is 2.25. The van der Waals surface area contributed by atoms with E-state index in [1.165, 1.54) is 6.20 Å². The molecule has 0 aliphatic carbocycles. The van der Waals surface area contributed by atoms with E-state index in [2.05, 4.69) is 10.3 Å². The first-order valence-electron chi connectivity index (χ1n) is 6.32. The molecular formula is C13H21N3O3. The molecule has 0 bridgehead atoms. The van der Waals surface area contributed by atoms with Gasteiger partial charge in [-0.15, -0.1) is 0 Å². The highest BCUT2D eigenvalue weighted by Gasteiger charge is 2.14. The maximum Gasteiger partial charge on any atom is 0.341 e. The number of pyridine rings is 1. The van der Waals surface area contributed by atoms with Crippen molar-refractivity contribution in [1.82, 2.24) is 4.98 Å². The van der Waals surface area contributed by atoms with Crippen LogP contribution in [0.4, 0.5) is 11.5 Å². The van der Waals surface area contributed by atoms with Crippen LogP contribution in [-0.4, -0.2) is 36.8 Å². The summed E-state index contributed by atoms with van der Waals surface area (Å²) < 4.78 is 10.4. The van der Waals surface area contributed by atoms with Crippen molar-refractivity contribution in [2.45, 2.75) is 26.9 Å². The first-order chi connectivity index (χ1) is 9.04. The number of carbonyl (C=O) groups excluding carboxylic acids is 1. The number of aromatic nitrogens is 1. The van der Waals surface area contributed by atoms with Gasteiger partial charge in [-0.05, 0) is 26.8 Å². The number of carbonyl (C=O) groups is 1. The first-order valence-corrected chi connectivity index (χ1v) is 6.32. The van der Waals surface area contributed by atoms with Crippen molar-refractivity contribution in [3.63, 3.8) is 0 Å². The molecule has 106 valence electrons. The standard InChI is InChI=1S/C13H21N3O3/c1-4-18-13(17)11-7-10(14)8-16-12(11)15-5-6-19-9(2)3/h7-9H,4-6,14H2,1-3H3,(H,15,16). The molecule has 1 rings (SSSR count). The molecule has 0 unspecified atom stereocenters. The Bertz CT molecular complexity index is 422. The predicted molar refractivity (Wildman–Crippen MR) is 74.2 cm³/mol. The summed E-state index contributed by atoms with van der Waals surface area (Å²) in [4.78, 5) is 15.9. The summed E-state index contributed by atoms with van der Waals surface area (Å²) in [6.07, 6.45) is 1.67. The van der Waals surface area contributed by atoms with Gasteiger partial charge in [0.05, 0.1) is 31.2 Å². The highest BCUT2D eigenvalue weighted by Crippen LogP contribution is 2.16. The summed E-state index contributed by atoms with van der Waals surface area (Å²) in [5.74, 6) is 0.0228. The normalized spacial score (nSPS) is 10.5. The molecule has 0 radical (unpaired) electrons. The molecule has 1 aromatic rings. The van der Waals surface area contributed by atoms with Crippen molar-refractivity contribution in [2.24, 2.45) is 0 Å². The van der Waals surface area contributed by atoms with Crippen LogP contribution in [0.3, 0.4) is 0 Å². The van der Waals surface area contributed by atoms with Crippen LogP contribution in [0.25, 0.3) is 0 Å². The lowest BCUT2D eigenvalue weighted by Gasteiger charge is -2.12. The van der Waals surface area contributed by atoms with Crippen molar-refractivity contribution in [3.8, 4) is 0 Å². The van der Waals surface area contributed by atoms with E-state index in [4.69, 9.17) is 15.2 Å². The van der Waals surface area contributed by atoms with E-state index < -0.39 is 5.97 Å². The van der Waals surface area contributed by atoms with Crippen molar-refractivity contribution < 1.29 is 14.3 Å². The number of anilines is 2. The minimum atomic E-state index is -0.436. The summed E-state index contributed by atoms with van der Waals surface area (Å²) in [6, 6.07) is 1.55. The zero-order valence-electron chi connectivity index (χ0n) is 11.6. The van der Waals surface area contributed by atoms with Gasteiger partial charge in [0.25, 0.3) is 0 Å². The Morgan fingerprint density at radius 2 is 2.26 bits per heavy atom. The maximum atomic E-state index is 11.8. The molecule has 3 N–H and O–H groups in total. The number of nitrogen functional groups attached to an aromatic ring is 1. The number of nitrogens with one attached hydrogen (secondary N) is 1. The van der Waals surface area contributed by atoms with E-state index in [9.17, 15) is 4.79 Å². The van der Waals surface area contributed by atoms with E-state index in [1.54, 1.807) is 13.0 Å². The van der Waals surface area contributed by atoms with E-state index in [0.29, 0.717) is 36.8 Å². The van der Waals surface area contributed by atoms with E-state index in [-0.39, 0.29) is 6.10 Å². The van der Waals surface area contributed by atoms with Gasteiger partial charge in [0, 0.05) is 6.54 Å². The molecule has 0 atom stereocenters. The quantitative estimate of drug-likeness (QED) is 0.577. The average molecular weight is 267 g/mol. The number of rotatable bonds is 7. The number of ether oxygens (including phenoxy) is 2. The Morgan fingerprint density at radius 1 is 1.53 bits per heavy atom. The van der Waals surface area contributed by atoms with Gasteiger partial charge in [0.15, 0.2) is 0 Å². The molecule has 0 aliphatic heterocycles. The van der Waals surface area contributed by atoms with Crippen LogP contribution >= 0.6 is 0 Å². The van der Waals surface area contributed by atoms with Crippen LogP contribution in [0, 0.1) is 0 Å². The van der Waals surface area contributed by atoms with Crippen LogP contribution in [0.5, 0.6) is 0 Å². The minimum Gasteiger partial charge on any atom is -0.462 e. The molecule has 1 heterocycles. The smallest absolute Gasteiger partial charge is 0.341 e. The Labute approximate surface area is 113 Å². The van der Waals surface area contributed by atoms with Gasteiger partial charge in [-0.1, -0.05) is 0 Å². The predicted octanol–water partition coefficient (Wildman–Crippen LogP) is 1.68. The molecule has 0 spiro atoms. The molecule has 0 saturated carbocycles. The van der Waals surface area contributed by atoms with Crippen LogP contribution < -0.4 is 11.1 Å². The second kappa shape index (κ2) is 7.58. The van der Waals surface area contributed by atoms with Crippen LogP contribution in [0.15, 0.2) is 12.3 Å². The average Bonchev–Trinajstić information content (AvgIpc) is 2.36. The lowest BCUT2D eigenvalue weighted by molar-refractivity contribution is 0.0526. The molecule has 0 saturated heterocycles. The highest BCUT2D eigenvalue weighted by atomic mass is 16.5. The van der Waals surface area contributed by atoms with Crippen LogP contribution in [0.1, 0.15) is 31.1 Å². The van der Waals surface area contributed by atoms with E-state index in [1.807, 2.05) is 13.8 Å². The van der Waals surface area contributed by atoms with E-state index in [0.717, 1.165) is 0 Å². The largest absolute Gasteiger partial charge is 0.462 e. The van der Waals surface area contributed by atoms with Gasteiger partial charge in [0.2, 0.25) is 0 Å². The van der Waals surface area contributed by atoms with Gasteiger partial charge in [-0.25, -0.2) is 9.78 Å². The summed E-state index contributed by atoms with van der Waals surface area (Å²) in [7, 11) is 0. The zero-order valence-corrected chi connectivity index (χ0v) is 11.6. The lowest BCUT2D eigenvalue weighted by Crippen LogP contribution is -2.17. The third kappa shape index (κ3) is 5.13. The monoisotopic (exact) mass is 267 g/mol. The molecule has 0 fully saturated rings. The Balaban J connectivity index is 2.68. The molecule has 19 heavy (non-hydrogen) atoms. The third-order valence-electron chi connectivity index (χ3n) is 2.25. The number of hydrogen-bond acceptors (Lipinski definition) is 6. The molecule has 6 heteroatoms. The minimum absolute atomic E-state index is 0.172. The number of nitrogens with zero attached hydrogens (tertiary/aromatic N) is 1. The van der Waals surface area contributed by atoms with Crippen molar-refractivity contribution >= 4 is 17.5 Å². The lowest BCUT2D eigenvalue weighted by atomic mass is 10.2. The summed E-state index contributed by atoms with van der Waals surface area (Å²) in [6.45, 7) is 7.08. The highest BCUT2D eigenvalue weighted by molar-refractivity contribution is 5.95. The number of esters is 1. The Hall–Kier alpha value is -1.82. The second-order valence-corrected chi connectivity index (χ2v) is 4.23. The van der Waals surface area contributed by atoms with E-state index >= 15 is 0 Å². The number of nitrogens with two attached hydrogens (primary N) is 1.